The Morgan fingerprint density at radius 1 is 1.17 bits per heavy atom. The van der Waals surface area contributed by atoms with E-state index in [1.54, 1.807) is 12.4 Å². The van der Waals surface area contributed by atoms with Crippen LogP contribution in [-0.4, -0.2) is 46.6 Å². The third kappa shape index (κ3) is 3.29. The number of anilines is 4. The maximum atomic E-state index is 5.58. The molecule has 0 atom stereocenters. The second-order valence-corrected chi connectivity index (χ2v) is 7.05. The van der Waals surface area contributed by atoms with Crippen molar-refractivity contribution in [3.05, 3.63) is 55.1 Å². The molecule has 1 aliphatic heterocycles. The molecule has 4 heterocycles. The van der Waals surface area contributed by atoms with Crippen LogP contribution in [0.2, 0.25) is 0 Å². The van der Waals surface area contributed by atoms with Gasteiger partial charge in [0.1, 0.15) is 6.61 Å². The number of pyridine rings is 1. The van der Waals surface area contributed by atoms with Gasteiger partial charge in [-0.25, -0.2) is 15.0 Å². The van der Waals surface area contributed by atoms with Crippen LogP contribution in [0.15, 0.2) is 55.1 Å². The second kappa shape index (κ2) is 6.97. The molecule has 8 heteroatoms. The van der Waals surface area contributed by atoms with Crippen LogP contribution in [0, 0.1) is 0 Å². The maximum Gasteiger partial charge on any atom is 0.237 e. The number of hydrogen-bond acceptors (Lipinski definition) is 7. The average Bonchev–Trinajstić information content (AvgIpc) is 3.23. The van der Waals surface area contributed by atoms with Crippen molar-refractivity contribution >= 4 is 28.5 Å². The molecule has 8 nitrogen and oxygen atoms in total. The van der Waals surface area contributed by atoms with Crippen molar-refractivity contribution in [1.29, 1.82) is 0 Å². The van der Waals surface area contributed by atoms with E-state index in [4.69, 9.17) is 9.72 Å². The minimum absolute atomic E-state index is 0.624. The normalized spacial score (nSPS) is 12.8. The Bertz CT molecular complexity index is 1170. The largest absolute Gasteiger partial charge is 0.474 e. The van der Waals surface area contributed by atoms with Crippen LogP contribution in [0.5, 0.6) is 5.88 Å². The Labute approximate surface area is 168 Å². The Balaban J connectivity index is 1.53. The van der Waals surface area contributed by atoms with Crippen LogP contribution in [0.3, 0.4) is 0 Å². The fourth-order valence-electron chi connectivity index (χ4n) is 3.30. The van der Waals surface area contributed by atoms with Crippen molar-refractivity contribution < 1.29 is 4.74 Å². The van der Waals surface area contributed by atoms with Crippen LogP contribution in [0.4, 0.5) is 22.9 Å². The Hall–Kier alpha value is -3.81. The molecular formula is C21H21N7O. The summed E-state index contributed by atoms with van der Waals surface area (Å²) in [5.41, 5.74) is 5.43. The Morgan fingerprint density at radius 2 is 2.03 bits per heavy atom. The molecule has 0 unspecified atom stereocenters. The van der Waals surface area contributed by atoms with Gasteiger partial charge in [-0.15, -0.1) is 0 Å². The summed E-state index contributed by atoms with van der Waals surface area (Å²) in [5.74, 6) is 1.31. The van der Waals surface area contributed by atoms with Crippen molar-refractivity contribution in [1.82, 2.24) is 19.4 Å². The summed E-state index contributed by atoms with van der Waals surface area (Å²) < 4.78 is 7.54. The molecule has 0 spiro atoms. The molecule has 1 aromatic carbocycles. The molecule has 5 rings (SSSR count). The van der Waals surface area contributed by atoms with Crippen molar-refractivity contribution in [3.8, 4) is 17.1 Å². The molecule has 0 amide bonds. The van der Waals surface area contributed by atoms with Crippen LogP contribution >= 0.6 is 0 Å². The minimum Gasteiger partial charge on any atom is -0.474 e. The monoisotopic (exact) mass is 387 g/mol. The van der Waals surface area contributed by atoms with Gasteiger partial charge in [-0.2, -0.15) is 0 Å². The van der Waals surface area contributed by atoms with Crippen molar-refractivity contribution in [2.45, 2.75) is 0 Å². The first-order valence-corrected chi connectivity index (χ1v) is 9.42. The summed E-state index contributed by atoms with van der Waals surface area (Å²) >= 11 is 0. The lowest BCUT2D eigenvalue weighted by molar-refractivity contribution is 0.310. The van der Waals surface area contributed by atoms with Gasteiger partial charge in [-0.1, -0.05) is 0 Å². The average molecular weight is 387 g/mol. The molecule has 29 heavy (non-hydrogen) atoms. The number of fused-ring (bicyclic) bond motifs is 2. The molecule has 3 aromatic heterocycles. The van der Waals surface area contributed by atoms with E-state index in [0.29, 0.717) is 18.3 Å². The predicted octanol–water partition coefficient (Wildman–Crippen LogP) is 3.41. The highest BCUT2D eigenvalue weighted by Gasteiger charge is 2.15. The zero-order valence-corrected chi connectivity index (χ0v) is 16.3. The number of nitrogens with one attached hydrogen (secondary N) is 2. The molecule has 0 saturated carbocycles. The summed E-state index contributed by atoms with van der Waals surface area (Å²) in [7, 11) is 4.04. The molecule has 0 radical (unpaired) electrons. The number of benzene rings is 1. The third-order valence-corrected chi connectivity index (χ3v) is 4.82. The van der Waals surface area contributed by atoms with Crippen LogP contribution in [0.25, 0.3) is 16.9 Å². The van der Waals surface area contributed by atoms with Crippen molar-refractivity contribution in [2.24, 2.45) is 0 Å². The van der Waals surface area contributed by atoms with Crippen LogP contribution in [-0.2, 0) is 0 Å². The van der Waals surface area contributed by atoms with E-state index >= 15 is 0 Å². The zero-order chi connectivity index (χ0) is 19.8. The van der Waals surface area contributed by atoms with Crippen LogP contribution < -0.4 is 20.3 Å². The summed E-state index contributed by atoms with van der Waals surface area (Å²) in [4.78, 5) is 15.8. The highest BCUT2D eigenvalue weighted by Crippen LogP contribution is 2.31. The molecule has 2 N–H and O–H groups in total. The SMILES string of the molecule is CN(C)c1ccc(Nc2nc(-c3cnc4c(c3)NCCO4)cn3ccnc23)cc1. The lowest BCUT2D eigenvalue weighted by atomic mass is 10.2. The fourth-order valence-corrected chi connectivity index (χ4v) is 3.30. The molecule has 0 saturated heterocycles. The summed E-state index contributed by atoms with van der Waals surface area (Å²) in [6.45, 7) is 1.39. The number of hydrogen-bond donors (Lipinski definition) is 2. The van der Waals surface area contributed by atoms with Gasteiger partial charge in [0.25, 0.3) is 0 Å². The zero-order valence-electron chi connectivity index (χ0n) is 16.3. The molecule has 0 bridgehead atoms. The van der Waals surface area contributed by atoms with Gasteiger partial charge >= 0.3 is 0 Å². The summed E-state index contributed by atoms with van der Waals surface area (Å²) in [6, 6.07) is 10.2. The number of aromatic nitrogens is 4. The second-order valence-electron chi connectivity index (χ2n) is 7.05. The first-order valence-electron chi connectivity index (χ1n) is 9.42. The Morgan fingerprint density at radius 3 is 2.86 bits per heavy atom. The number of ether oxygens (including phenoxy) is 1. The van der Waals surface area contributed by atoms with E-state index < -0.39 is 0 Å². The fraction of sp³-hybridized carbons (Fsp3) is 0.190. The smallest absolute Gasteiger partial charge is 0.237 e. The highest BCUT2D eigenvalue weighted by atomic mass is 16.5. The predicted molar refractivity (Wildman–Crippen MR) is 114 cm³/mol. The Kier molecular flexibility index (Phi) is 4.16. The van der Waals surface area contributed by atoms with E-state index in [2.05, 4.69) is 37.6 Å². The van der Waals surface area contributed by atoms with Gasteiger partial charge in [0.15, 0.2) is 11.5 Å². The van der Waals surface area contributed by atoms with E-state index in [0.717, 1.165) is 40.5 Å². The summed E-state index contributed by atoms with van der Waals surface area (Å²) in [5, 5.41) is 6.72. The minimum atomic E-state index is 0.624. The lowest BCUT2D eigenvalue weighted by Crippen LogP contribution is -2.18. The third-order valence-electron chi connectivity index (χ3n) is 4.82. The van der Waals surface area contributed by atoms with Gasteiger partial charge < -0.3 is 24.7 Å². The molecule has 0 aliphatic carbocycles. The number of rotatable bonds is 4. The van der Waals surface area contributed by atoms with Crippen molar-refractivity contribution in [2.75, 3.05) is 42.8 Å². The molecule has 0 fully saturated rings. The van der Waals surface area contributed by atoms with Crippen molar-refractivity contribution in [3.63, 3.8) is 0 Å². The maximum absolute atomic E-state index is 5.58. The molecule has 1 aliphatic rings. The van der Waals surface area contributed by atoms with E-state index in [-0.39, 0.29) is 0 Å². The van der Waals surface area contributed by atoms with Gasteiger partial charge in [0.2, 0.25) is 5.88 Å². The lowest BCUT2D eigenvalue weighted by Gasteiger charge is -2.18. The van der Waals surface area contributed by atoms with E-state index in [1.165, 1.54) is 0 Å². The first kappa shape index (κ1) is 17.3. The highest BCUT2D eigenvalue weighted by molar-refractivity contribution is 5.75. The van der Waals surface area contributed by atoms with E-state index in [9.17, 15) is 0 Å². The van der Waals surface area contributed by atoms with Gasteiger partial charge in [-0.05, 0) is 30.3 Å². The molecular weight excluding hydrogens is 366 g/mol. The van der Waals surface area contributed by atoms with Gasteiger partial charge in [0, 0.05) is 62.4 Å². The number of imidazole rings is 1. The standard InChI is InChI=1S/C21H21N7O/c1-27(2)16-5-3-15(4-6-16)25-19-20-23-7-9-28(20)13-18(26-19)14-11-17-21(24-12-14)29-10-8-22-17/h3-7,9,11-13,22H,8,10H2,1-2H3,(H,25,26). The first-order chi connectivity index (χ1) is 14.2. The number of nitrogens with zero attached hydrogens (tertiary/aromatic N) is 5. The van der Waals surface area contributed by atoms with Gasteiger partial charge in [0.05, 0.1) is 11.4 Å². The van der Waals surface area contributed by atoms with Gasteiger partial charge in [-0.3, -0.25) is 0 Å². The van der Waals surface area contributed by atoms with Crippen LogP contribution in [0.1, 0.15) is 0 Å². The topological polar surface area (TPSA) is 79.6 Å². The summed E-state index contributed by atoms with van der Waals surface area (Å²) in [6.07, 6.45) is 7.41. The molecule has 146 valence electrons. The molecule has 4 aromatic rings. The van der Waals surface area contributed by atoms with E-state index in [1.807, 2.05) is 49.1 Å². The quantitative estimate of drug-likeness (QED) is 0.555.